The molecule has 1 aromatic rings. The van der Waals surface area contributed by atoms with E-state index < -0.39 is 0 Å². The van der Waals surface area contributed by atoms with Crippen LogP contribution in [0.4, 0.5) is 0 Å². The van der Waals surface area contributed by atoms with Gasteiger partial charge in [-0.3, -0.25) is 0 Å². The van der Waals surface area contributed by atoms with Crippen molar-refractivity contribution in [1.29, 1.82) is 0 Å². The van der Waals surface area contributed by atoms with Gasteiger partial charge in [-0.1, -0.05) is 13.8 Å². The summed E-state index contributed by atoms with van der Waals surface area (Å²) < 4.78 is 11.2. The largest absolute Gasteiger partial charge is 0.496 e. The summed E-state index contributed by atoms with van der Waals surface area (Å²) >= 11 is 0. The maximum Gasteiger partial charge on any atom is 0.123 e. The van der Waals surface area contributed by atoms with Crippen molar-refractivity contribution in [3.8, 4) is 11.5 Å². The van der Waals surface area contributed by atoms with E-state index in [9.17, 15) is 0 Å². The molecule has 0 radical (unpaired) electrons. The van der Waals surface area contributed by atoms with Crippen LogP contribution in [0.15, 0.2) is 12.1 Å². The number of ether oxygens (including phenoxy) is 2. The fourth-order valence-electron chi connectivity index (χ4n) is 2.16. The minimum Gasteiger partial charge on any atom is -0.496 e. The van der Waals surface area contributed by atoms with Crippen LogP contribution in [0.2, 0.25) is 0 Å². The van der Waals surface area contributed by atoms with Gasteiger partial charge in [-0.25, -0.2) is 0 Å². The highest BCUT2D eigenvalue weighted by Crippen LogP contribution is 2.34. The topological polar surface area (TPSA) is 39.7 Å². The molecule has 1 aliphatic rings. The van der Waals surface area contributed by atoms with Crippen molar-refractivity contribution in [2.75, 3.05) is 13.7 Å². The number of hydrogen-bond acceptors (Lipinski definition) is 4. The lowest BCUT2D eigenvalue weighted by molar-refractivity contribution is 0.0193. The highest BCUT2D eigenvalue weighted by molar-refractivity contribution is 5.48. The first-order chi connectivity index (χ1) is 9.10. The zero-order valence-corrected chi connectivity index (χ0v) is 12.2. The molecule has 1 aliphatic heterocycles. The summed E-state index contributed by atoms with van der Waals surface area (Å²) in [4.78, 5) is 5.39. The summed E-state index contributed by atoms with van der Waals surface area (Å²) in [5, 5.41) is 0. The van der Waals surface area contributed by atoms with Crippen molar-refractivity contribution in [3.05, 3.63) is 23.3 Å². The Morgan fingerprint density at radius 3 is 2.89 bits per heavy atom. The third-order valence-corrected chi connectivity index (χ3v) is 3.08. The van der Waals surface area contributed by atoms with Gasteiger partial charge < -0.3 is 14.3 Å². The molecule has 2 rings (SSSR count). The molecule has 0 fully saturated rings. The van der Waals surface area contributed by atoms with Gasteiger partial charge in [0, 0.05) is 24.1 Å². The first-order valence-electron chi connectivity index (χ1n) is 6.81. The maximum absolute atomic E-state index is 5.77. The van der Waals surface area contributed by atoms with Gasteiger partial charge in [0.25, 0.3) is 0 Å². The molecule has 4 nitrogen and oxygen atoms in total. The Labute approximate surface area is 115 Å². The predicted octanol–water partition coefficient (Wildman–Crippen LogP) is 2.70. The van der Waals surface area contributed by atoms with Crippen molar-refractivity contribution in [2.24, 2.45) is 5.92 Å². The van der Waals surface area contributed by atoms with E-state index in [0.29, 0.717) is 19.1 Å². The molecule has 1 N–H and O–H groups in total. The van der Waals surface area contributed by atoms with E-state index in [0.717, 1.165) is 23.5 Å². The molecule has 0 bridgehead atoms. The van der Waals surface area contributed by atoms with Gasteiger partial charge in [0.2, 0.25) is 0 Å². The molecule has 0 saturated heterocycles. The maximum atomic E-state index is 5.77. The molecule has 106 valence electrons. The zero-order valence-electron chi connectivity index (χ0n) is 12.2. The molecular weight excluding hydrogens is 242 g/mol. The second-order valence-electron chi connectivity index (χ2n) is 5.43. The predicted molar refractivity (Wildman–Crippen MR) is 74.4 cm³/mol. The normalized spacial score (nSPS) is 17.4. The van der Waals surface area contributed by atoms with E-state index >= 15 is 0 Å². The fraction of sp³-hybridized carbons (Fsp3) is 0.600. The molecule has 1 unspecified atom stereocenters. The van der Waals surface area contributed by atoms with Gasteiger partial charge in [0.15, 0.2) is 0 Å². The van der Waals surface area contributed by atoms with Crippen LogP contribution in [0.3, 0.4) is 0 Å². The second kappa shape index (κ2) is 6.26. The number of nitrogens with one attached hydrogen (secondary N) is 1. The molecule has 1 aromatic carbocycles. The number of fused-ring (bicyclic) bond motifs is 1. The third kappa shape index (κ3) is 3.61. The lowest BCUT2D eigenvalue weighted by Crippen LogP contribution is -2.17. The minimum atomic E-state index is 0.250. The number of benzene rings is 1. The smallest absolute Gasteiger partial charge is 0.123 e. The average molecular weight is 265 g/mol. The van der Waals surface area contributed by atoms with Gasteiger partial charge in [0.1, 0.15) is 17.6 Å². The lowest BCUT2D eigenvalue weighted by Gasteiger charge is -2.12. The molecule has 1 atom stereocenters. The molecule has 4 heteroatoms. The standard InChI is InChI=1S/C15H23NO3/c1-10(2)9-18-16-8-13-7-15-12(5-11(3)19-15)6-14(13)17-4/h6-7,10-11,16H,5,8-9H2,1-4H3. The van der Waals surface area contributed by atoms with E-state index in [1.165, 1.54) is 5.56 Å². The van der Waals surface area contributed by atoms with Gasteiger partial charge in [-0.05, 0) is 25.0 Å². The summed E-state index contributed by atoms with van der Waals surface area (Å²) in [5.74, 6) is 2.37. The lowest BCUT2D eigenvalue weighted by atomic mass is 10.1. The number of rotatable bonds is 6. The number of hydrogen-bond donors (Lipinski definition) is 1. The first-order valence-corrected chi connectivity index (χ1v) is 6.81. The van der Waals surface area contributed by atoms with Gasteiger partial charge in [-0.2, -0.15) is 5.48 Å². The van der Waals surface area contributed by atoms with Crippen LogP contribution in [-0.4, -0.2) is 19.8 Å². The zero-order chi connectivity index (χ0) is 13.8. The van der Waals surface area contributed by atoms with E-state index in [-0.39, 0.29) is 6.10 Å². The SMILES string of the molecule is COc1cc2c(cc1CNOCC(C)C)OC(C)C2. The summed E-state index contributed by atoms with van der Waals surface area (Å²) in [6.45, 7) is 7.62. The Hall–Kier alpha value is -1.26. The Morgan fingerprint density at radius 1 is 1.42 bits per heavy atom. The van der Waals surface area contributed by atoms with Crippen molar-refractivity contribution in [1.82, 2.24) is 5.48 Å². The minimum absolute atomic E-state index is 0.250. The molecular formula is C15H23NO3. The molecule has 1 heterocycles. The molecule has 0 saturated carbocycles. The van der Waals surface area contributed by atoms with Crippen LogP contribution in [0.5, 0.6) is 11.5 Å². The second-order valence-corrected chi connectivity index (χ2v) is 5.43. The Balaban J connectivity index is 2.01. The van der Waals surface area contributed by atoms with Crippen molar-refractivity contribution in [2.45, 2.75) is 39.8 Å². The van der Waals surface area contributed by atoms with Crippen molar-refractivity contribution in [3.63, 3.8) is 0 Å². The van der Waals surface area contributed by atoms with Gasteiger partial charge >= 0.3 is 0 Å². The molecule has 19 heavy (non-hydrogen) atoms. The average Bonchev–Trinajstić information content (AvgIpc) is 2.72. The van der Waals surface area contributed by atoms with E-state index in [1.54, 1.807) is 7.11 Å². The van der Waals surface area contributed by atoms with Crippen LogP contribution in [0.25, 0.3) is 0 Å². The van der Waals surface area contributed by atoms with Crippen LogP contribution in [0, 0.1) is 5.92 Å². The first kappa shape index (κ1) is 14.2. The van der Waals surface area contributed by atoms with Crippen LogP contribution < -0.4 is 15.0 Å². The summed E-state index contributed by atoms with van der Waals surface area (Å²) in [5.41, 5.74) is 5.25. The highest BCUT2D eigenvalue weighted by atomic mass is 16.6. The van der Waals surface area contributed by atoms with E-state index in [2.05, 4.69) is 32.3 Å². The fourth-order valence-corrected chi connectivity index (χ4v) is 2.16. The van der Waals surface area contributed by atoms with E-state index in [4.69, 9.17) is 14.3 Å². The molecule has 0 aliphatic carbocycles. The highest BCUT2D eigenvalue weighted by Gasteiger charge is 2.21. The van der Waals surface area contributed by atoms with Gasteiger partial charge in [-0.15, -0.1) is 0 Å². The quantitative estimate of drug-likeness (QED) is 0.634. The monoisotopic (exact) mass is 265 g/mol. The Bertz CT molecular complexity index is 432. The number of methoxy groups -OCH3 is 1. The molecule has 0 spiro atoms. The molecule has 0 aromatic heterocycles. The summed E-state index contributed by atoms with van der Waals surface area (Å²) in [6.07, 6.45) is 1.20. The summed E-state index contributed by atoms with van der Waals surface area (Å²) in [7, 11) is 1.69. The third-order valence-electron chi connectivity index (χ3n) is 3.08. The van der Waals surface area contributed by atoms with Crippen LogP contribution >= 0.6 is 0 Å². The summed E-state index contributed by atoms with van der Waals surface area (Å²) in [6, 6.07) is 4.11. The molecule has 0 amide bonds. The van der Waals surface area contributed by atoms with Crippen LogP contribution in [0.1, 0.15) is 31.9 Å². The number of hydroxylamine groups is 1. The van der Waals surface area contributed by atoms with E-state index in [1.807, 2.05) is 6.07 Å². The van der Waals surface area contributed by atoms with Crippen molar-refractivity contribution < 1.29 is 14.3 Å². The Morgan fingerprint density at radius 2 is 2.21 bits per heavy atom. The van der Waals surface area contributed by atoms with Crippen molar-refractivity contribution >= 4 is 0 Å². The van der Waals surface area contributed by atoms with Crippen LogP contribution in [-0.2, 0) is 17.8 Å². The van der Waals surface area contributed by atoms with Gasteiger partial charge in [0.05, 0.1) is 13.7 Å². The Kier molecular flexibility index (Phi) is 4.66.